The molecule has 0 spiro atoms. The van der Waals surface area contributed by atoms with Crippen molar-refractivity contribution >= 4 is 46.0 Å². The molecule has 2 aromatic rings. The Balaban J connectivity index is 2.79. The molecule has 0 amide bonds. The third-order valence-corrected chi connectivity index (χ3v) is 4.06. The molecular weight excluding hydrogens is 459 g/mol. The van der Waals surface area contributed by atoms with Gasteiger partial charge in [0.15, 0.2) is 0 Å². The van der Waals surface area contributed by atoms with Crippen molar-refractivity contribution in [1.82, 2.24) is 0 Å². The number of non-ortho nitro benzene ring substituents is 1. The standard InChI is InChI=1S/C14H5Cl2F6N3O4/c15-8-4-9(16)10(3-6(8)13(17,18)19)23-12-7(14(20,21)22)1-5(24(26)27)2-11(12)25(28)29/h1-4,23H. The van der Waals surface area contributed by atoms with Gasteiger partial charge in [-0.05, 0) is 12.1 Å². The van der Waals surface area contributed by atoms with Crippen LogP contribution in [0.4, 0.5) is 49.1 Å². The van der Waals surface area contributed by atoms with Crippen molar-refractivity contribution in [3.63, 3.8) is 0 Å². The third-order valence-electron chi connectivity index (χ3n) is 3.44. The second-order valence-corrected chi connectivity index (χ2v) is 6.15. The van der Waals surface area contributed by atoms with E-state index in [1.807, 2.05) is 5.32 Å². The largest absolute Gasteiger partial charge is 0.418 e. The summed E-state index contributed by atoms with van der Waals surface area (Å²) in [7, 11) is 0. The smallest absolute Gasteiger partial charge is 0.348 e. The van der Waals surface area contributed by atoms with Crippen molar-refractivity contribution in [3.05, 3.63) is 65.7 Å². The summed E-state index contributed by atoms with van der Waals surface area (Å²) in [6, 6.07) is 1.07. The molecule has 0 heterocycles. The number of alkyl halides is 6. The highest BCUT2D eigenvalue weighted by Gasteiger charge is 2.40. The molecule has 29 heavy (non-hydrogen) atoms. The SMILES string of the molecule is O=[N+]([O-])c1cc([N+](=O)[O-])c(Nc2cc(C(F)(F)F)c(Cl)cc2Cl)c(C(F)(F)F)c1. The maximum atomic E-state index is 13.4. The molecule has 156 valence electrons. The van der Waals surface area contributed by atoms with Gasteiger partial charge in [0.2, 0.25) is 0 Å². The Kier molecular flexibility index (Phi) is 5.86. The zero-order valence-electron chi connectivity index (χ0n) is 13.4. The maximum absolute atomic E-state index is 13.4. The van der Waals surface area contributed by atoms with E-state index in [9.17, 15) is 46.6 Å². The van der Waals surface area contributed by atoms with Crippen LogP contribution in [0.5, 0.6) is 0 Å². The normalized spacial score (nSPS) is 12.0. The lowest BCUT2D eigenvalue weighted by Crippen LogP contribution is -2.13. The molecule has 0 saturated carbocycles. The molecule has 0 bridgehead atoms. The number of benzene rings is 2. The fourth-order valence-electron chi connectivity index (χ4n) is 2.21. The van der Waals surface area contributed by atoms with E-state index in [4.69, 9.17) is 23.2 Å². The van der Waals surface area contributed by atoms with Crippen molar-refractivity contribution in [1.29, 1.82) is 0 Å². The number of rotatable bonds is 4. The predicted octanol–water partition coefficient (Wildman–Crippen LogP) is 6.59. The van der Waals surface area contributed by atoms with Crippen LogP contribution in [0.3, 0.4) is 0 Å². The third kappa shape index (κ3) is 4.79. The molecule has 0 unspecified atom stereocenters. The first kappa shape index (κ1) is 22.5. The van der Waals surface area contributed by atoms with Crippen molar-refractivity contribution in [2.45, 2.75) is 12.4 Å². The number of halogens is 8. The average Bonchev–Trinajstić information content (AvgIpc) is 2.54. The highest BCUT2D eigenvalue weighted by molar-refractivity contribution is 6.37. The van der Waals surface area contributed by atoms with E-state index in [1.54, 1.807) is 0 Å². The van der Waals surface area contributed by atoms with Crippen LogP contribution < -0.4 is 5.32 Å². The fraction of sp³-hybridized carbons (Fsp3) is 0.143. The van der Waals surface area contributed by atoms with Crippen LogP contribution in [0.15, 0.2) is 24.3 Å². The number of hydrogen-bond donors (Lipinski definition) is 1. The molecule has 15 heteroatoms. The number of nitrogens with one attached hydrogen (secondary N) is 1. The molecule has 0 atom stereocenters. The van der Waals surface area contributed by atoms with Crippen LogP contribution in [-0.2, 0) is 12.4 Å². The zero-order valence-corrected chi connectivity index (χ0v) is 14.9. The molecule has 0 aliphatic carbocycles. The van der Waals surface area contributed by atoms with Gasteiger partial charge in [-0.3, -0.25) is 20.2 Å². The molecule has 0 radical (unpaired) electrons. The highest BCUT2D eigenvalue weighted by atomic mass is 35.5. The van der Waals surface area contributed by atoms with E-state index in [2.05, 4.69) is 0 Å². The highest BCUT2D eigenvalue weighted by Crippen LogP contribution is 2.46. The molecule has 0 aliphatic heterocycles. The first-order valence-electron chi connectivity index (χ1n) is 7.00. The van der Waals surface area contributed by atoms with Crippen LogP contribution in [0.1, 0.15) is 11.1 Å². The van der Waals surface area contributed by atoms with Crippen molar-refractivity contribution < 1.29 is 36.2 Å². The summed E-state index contributed by atoms with van der Waals surface area (Å²) in [4.78, 5) is 19.3. The van der Waals surface area contributed by atoms with Gasteiger partial charge in [0.05, 0.1) is 42.8 Å². The molecule has 2 rings (SSSR count). The van der Waals surface area contributed by atoms with Crippen LogP contribution >= 0.6 is 23.2 Å². The maximum Gasteiger partial charge on any atom is 0.418 e. The van der Waals surface area contributed by atoms with E-state index < -0.39 is 66.1 Å². The van der Waals surface area contributed by atoms with Crippen molar-refractivity contribution in [2.24, 2.45) is 0 Å². The van der Waals surface area contributed by atoms with Crippen molar-refractivity contribution in [3.8, 4) is 0 Å². The lowest BCUT2D eigenvalue weighted by molar-refractivity contribution is -0.394. The van der Waals surface area contributed by atoms with Gasteiger partial charge in [-0.15, -0.1) is 0 Å². The summed E-state index contributed by atoms with van der Waals surface area (Å²) in [5, 5.41) is 22.4. The predicted molar refractivity (Wildman–Crippen MR) is 89.5 cm³/mol. The van der Waals surface area contributed by atoms with E-state index >= 15 is 0 Å². The Morgan fingerprint density at radius 1 is 0.793 bits per heavy atom. The summed E-state index contributed by atoms with van der Waals surface area (Å²) in [5.74, 6) is 0. The summed E-state index contributed by atoms with van der Waals surface area (Å²) < 4.78 is 79.1. The zero-order chi connectivity index (χ0) is 22.3. The van der Waals surface area contributed by atoms with Crippen LogP contribution in [0.25, 0.3) is 0 Å². The Morgan fingerprint density at radius 2 is 1.34 bits per heavy atom. The van der Waals surface area contributed by atoms with E-state index in [-0.39, 0.29) is 18.2 Å². The first-order chi connectivity index (χ1) is 13.1. The number of nitro benzene ring substituents is 2. The van der Waals surface area contributed by atoms with Gasteiger partial charge in [0.25, 0.3) is 11.4 Å². The Morgan fingerprint density at radius 3 is 1.79 bits per heavy atom. The summed E-state index contributed by atoms with van der Waals surface area (Å²) in [6.45, 7) is 0. The molecule has 0 aliphatic rings. The van der Waals surface area contributed by atoms with Gasteiger partial charge in [-0.1, -0.05) is 23.2 Å². The minimum absolute atomic E-state index is 0.00380. The Labute approximate surface area is 166 Å². The second kappa shape index (κ2) is 7.55. The van der Waals surface area contributed by atoms with Gasteiger partial charge < -0.3 is 5.32 Å². The lowest BCUT2D eigenvalue weighted by Gasteiger charge is -2.17. The van der Waals surface area contributed by atoms with Gasteiger partial charge in [0, 0.05) is 6.07 Å². The number of nitrogens with zero attached hydrogens (tertiary/aromatic N) is 2. The molecule has 2 aromatic carbocycles. The number of anilines is 2. The summed E-state index contributed by atoms with van der Waals surface area (Å²) in [6.07, 6.45) is -10.3. The van der Waals surface area contributed by atoms with Gasteiger partial charge >= 0.3 is 12.4 Å². The van der Waals surface area contributed by atoms with E-state index in [0.29, 0.717) is 6.07 Å². The number of nitro groups is 2. The molecule has 0 aromatic heterocycles. The molecular formula is C14H5Cl2F6N3O4. The van der Waals surface area contributed by atoms with Crippen LogP contribution in [0, 0.1) is 20.2 Å². The summed E-state index contributed by atoms with van der Waals surface area (Å²) in [5.41, 5.74) is -8.07. The molecule has 7 nitrogen and oxygen atoms in total. The van der Waals surface area contributed by atoms with Crippen LogP contribution in [-0.4, -0.2) is 9.85 Å². The second-order valence-electron chi connectivity index (χ2n) is 5.33. The molecule has 1 N–H and O–H groups in total. The number of hydrogen-bond acceptors (Lipinski definition) is 5. The Bertz CT molecular complexity index is 1010. The quantitative estimate of drug-likeness (QED) is 0.313. The first-order valence-corrected chi connectivity index (χ1v) is 7.75. The van der Waals surface area contributed by atoms with Crippen molar-refractivity contribution in [2.75, 3.05) is 5.32 Å². The van der Waals surface area contributed by atoms with Gasteiger partial charge in [-0.25, -0.2) is 0 Å². The summed E-state index contributed by atoms with van der Waals surface area (Å²) >= 11 is 11.1. The van der Waals surface area contributed by atoms with E-state index in [1.165, 1.54) is 0 Å². The van der Waals surface area contributed by atoms with Crippen LogP contribution in [0.2, 0.25) is 10.0 Å². The lowest BCUT2D eigenvalue weighted by atomic mass is 10.1. The monoisotopic (exact) mass is 463 g/mol. The van der Waals surface area contributed by atoms with Gasteiger partial charge in [0.1, 0.15) is 5.69 Å². The minimum atomic E-state index is -5.33. The minimum Gasteiger partial charge on any atom is -0.348 e. The van der Waals surface area contributed by atoms with E-state index in [0.717, 1.165) is 0 Å². The Hall–Kier alpha value is -2.80. The topological polar surface area (TPSA) is 98.3 Å². The average molecular weight is 464 g/mol. The van der Waals surface area contributed by atoms with Gasteiger partial charge in [-0.2, -0.15) is 26.3 Å². The molecule has 0 fully saturated rings. The molecule has 0 saturated heterocycles. The fourth-order valence-corrected chi connectivity index (χ4v) is 2.75.